The molecule has 2 aromatic rings. The number of carbonyl (C=O) groups is 4. The molecule has 13 heteroatoms. The molecule has 1 amide bonds. The first-order chi connectivity index (χ1) is 25.9. The Kier molecular flexibility index (Phi) is 13.2. The van der Waals surface area contributed by atoms with Gasteiger partial charge < -0.3 is 39.0 Å². The minimum absolute atomic E-state index is 0.0612. The molecule has 302 valence electrons. The fourth-order valence-electron chi connectivity index (χ4n) is 8.73. The van der Waals surface area contributed by atoms with E-state index < -0.39 is 83.4 Å². The van der Waals surface area contributed by atoms with E-state index in [2.05, 4.69) is 10.3 Å². The molecule has 2 N–H and O–H groups in total. The van der Waals surface area contributed by atoms with Gasteiger partial charge in [-0.25, -0.2) is 4.79 Å². The van der Waals surface area contributed by atoms with Crippen LogP contribution >= 0.6 is 0 Å². The van der Waals surface area contributed by atoms with Crippen molar-refractivity contribution in [2.24, 2.45) is 23.7 Å². The van der Waals surface area contributed by atoms with E-state index >= 15 is 0 Å². The number of carbonyl (C=O) groups excluding carboxylic acids is 4. The van der Waals surface area contributed by atoms with Gasteiger partial charge in [-0.1, -0.05) is 58.0 Å². The van der Waals surface area contributed by atoms with Gasteiger partial charge in [0, 0.05) is 35.4 Å². The fraction of sp³-hybridized carbons (Fsp3) is 0.643. The number of pyridine rings is 1. The summed E-state index contributed by atoms with van der Waals surface area (Å²) < 4.78 is 31.4. The van der Waals surface area contributed by atoms with Crippen LogP contribution < -0.4 is 5.32 Å². The van der Waals surface area contributed by atoms with E-state index in [9.17, 15) is 24.3 Å². The molecular formula is C42H59N3O10. The molecule has 5 rings (SSSR count). The Morgan fingerprint density at radius 1 is 1.04 bits per heavy atom. The van der Waals surface area contributed by atoms with Crippen molar-refractivity contribution < 1.29 is 48.0 Å². The van der Waals surface area contributed by atoms with Crippen LogP contribution in [-0.2, 0) is 38.1 Å². The van der Waals surface area contributed by atoms with Crippen LogP contribution in [0.25, 0.3) is 17.0 Å². The normalized spacial score (nSPS) is 38.1. The zero-order valence-electron chi connectivity index (χ0n) is 33.8. The van der Waals surface area contributed by atoms with E-state index in [1.165, 1.54) is 6.92 Å². The van der Waals surface area contributed by atoms with Gasteiger partial charge in [-0.05, 0) is 78.7 Å². The Bertz CT molecular complexity index is 1750. The van der Waals surface area contributed by atoms with E-state index in [4.69, 9.17) is 23.7 Å². The van der Waals surface area contributed by atoms with Crippen LogP contribution in [0.5, 0.6) is 0 Å². The molecule has 13 atom stereocenters. The number of aliphatic hydroxyl groups excluding tert-OH is 1. The number of nitrogens with one attached hydrogen (secondary N) is 1. The monoisotopic (exact) mass is 765 g/mol. The highest BCUT2D eigenvalue weighted by atomic mass is 16.7. The minimum Gasteiger partial charge on any atom is -0.458 e. The maximum absolute atomic E-state index is 14.4. The number of esters is 1. The number of rotatable bonds is 8. The summed E-state index contributed by atoms with van der Waals surface area (Å²) in [6, 6.07) is 8.70. The van der Waals surface area contributed by atoms with Crippen LogP contribution in [0.15, 0.2) is 42.6 Å². The first-order valence-corrected chi connectivity index (χ1v) is 19.5. The molecule has 4 heterocycles. The standard InChI is InChI=1S/C42H59N3O10/c1-11-32-42(8)36(44-40(50)55-42)25(4)33(46)23(2)21-41(7,51-18-14-15-28-20-29-16-12-13-17-30(29)43-22-28)37(26(5)34(47)27(6)38(49)53-32)54-39-35(48)31(45(9)10)19-24(3)52-39/h12-17,20,22-27,31-32,35-37,39,48H,11,18-19,21H2,1-10H3,(H,44,50)/b15-14+/t23-,24-,25+,26+,27-,31+,32?,35-,36-,37-,39+,41-,42-/m1/s1. The van der Waals surface area contributed by atoms with E-state index in [0.29, 0.717) is 6.42 Å². The molecule has 3 saturated heterocycles. The molecule has 3 aliphatic heterocycles. The summed E-state index contributed by atoms with van der Waals surface area (Å²) in [5.74, 6) is -5.12. The summed E-state index contributed by atoms with van der Waals surface area (Å²) in [6.07, 6.45) is 1.12. The Balaban J connectivity index is 1.56. The first kappa shape index (κ1) is 42.4. The zero-order valence-corrected chi connectivity index (χ0v) is 33.8. The van der Waals surface area contributed by atoms with E-state index in [-0.39, 0.29) is 37.4 Å². The maximum Gasteiger partial charge on any atom is 0.408 e. The minimum atomic E-state index is -1.38. The number of benzene rings is 1. The van der Waals surface area contributed by atoms with Crippen molar-refractivity contribution in [3.8, 4) is 0 Å². The third-order valence-corrected chi connectivity index (χ3v) is 11.9. The molecule has 13 nitrogen and oxygen atoms in total. The van der Waals surface area contributed by atoms with Gasteiger partial charge in [-0.3, -0.25) is 19.4 Å². The van der Waals surface area contributed by atoms with Crippen LogP contribution in [0.4, 0.5) is 4.79 Å². The quantitative estimate of drug-likeness (QED) is 0.270. The molecule has 1 unspecified atom stereocenters. The van der Waals surface area contributed by atoms with Crippen LogP contribution in [0.1, 0.15) is 80.2 Å². The van der Waals surface area contributed by atoms with Crippen molar-refractivity contribution in [2.75, 3.05) is 20.7 Å². The van der Waals surface area contributed by atoms with Crippen molar-refractivity contribution in [1.82, 2.24) is 15.2 Å². The van der Waals surface area contributed by atoms with E-state index in [0.717, 1.165) is 16.5 Å². The molecule has 3 fully saturated rings. The molecule has 55 heavy (non-hydrogen) atoms. The number of hydrogen-bond donors (Lipinski definition) is 2. The number of ether oxygens (including phenoxy) is 5. The van der Waals surface area contributed by atoms with Gasteiger partial charge in [0.2, 0.25) is 0 Å². The number of Topliss-reactive ketones (excluding diaryl/α,β-unsaturated/α-hetero) is 2. The van der Waals surface area contributed by atoms with Crippen molar-refractivity contribution in [1.29, 1.82) is 0 Å². The Morgan fingerprint density at radius 2 is 1.75 bits per heavy atom. The summed E-state index contributed by atoms with van der Waals surface area (Å²) in [5.41, 5.74) is -1.00. The largest absolute Gasteiger partial charge is 0.458 e. The van der Waals surface area contributed by atoms with Crippen LogP contribution in [0.3, 0.4) is 0 Å². The van der Waals surface area contributed by atoms with Crippen molar-refractivity contribution >= 4 is 40.6 Å². The molecule has 0 aliphatic carbocycles. The third-order valence-electron chi connectivity index (χ3n) is 11.9. The number of likely N-dealkylation sites (N-methyl/N-ethyl adjacent to an activating group) is 1. The topological polar surface area (TPSA) is 163 Å². The lowest BCUT2D eigenvalue weighted by atomic mass is 9.73. The van der Waals surface area contributed by atoms with E-state index in [1.54, 1.807) is 47.7 Å². The Labute approximate surface area is 324 Å². The summed E-state index contributed by atoms with van der Waals surface area (Å²) in [7, 11) is 3.74. The number of amides is 1. The van der Waals surface area contributed by atoms with Crippen LogP contribution in [0, 0.1) is 23.7 Å². The smallest absolute Gasteiger partial charge is 0.408 e. The molecule has 0 saturated carbocycles. The van der Waals surface area contributed by atoms with Gasteiger partial charge in [-0.2, -0.15) is 0 Å². The summed E-state index contributed by atoms with van der Waals surface area (Å²) in [6.45, 7) is 13.8. The highest BCUT2D eigenvalue weighted by Crippen LogP contribution is 2.40. The number of para-hydroxylation sites is 1. The number of aliphatic hydroxyl groups is 1. The second-order valence-corrected chi connectivity index (χ2v) is 16.4. The summed E-state index contributed by atoms with van der Waals surface area (Å²) in [4.78, 5) is 61.8. The molecular weight excluding hydrogens is 706 g/mol. The second-order valence-electron chi connectivity index (χ2n) is 16.4. The number of nitrogens with zero attached hydrogens (tertiary/aromatic N) is 2. The first-order valence-electron chi connectivity index (χ1n) is 19.5. The number of alkyl carbamates (subject to hydrolysis) is 1. The maximum atomic E-state index is 14.4. The fourth-order valence-corrected chi connectivity index (χ4v) is 8.73. The van der Waals surface area contributed by atoms with Gasteiger partial charge in [0.25, 0.3) is 0 Å². The molecule has 0 bridgehead atoms. The van der Waals surface area contributed by atoms with Crippen LogP contribution in [0.2, 0.25) is 0 Å². The van der Waals surface area contributed by atoms with Gasteiger partial charge in [-0.15, -0.1) is 0 Å². The van der Waals surface area contributed by atoms with Crippen molar-refractivity contribution in [2.45, 2.75) is 129 Å². The van der Waals surface area contributed by atoms with E-state index in [1.807, 2.05) is 68.4 Å². The molecule has 0 radical (unpaired) electrons. The average Bonchev–Trinajstić information content (AvgIpc) is 3.47. The summed E-state index contributed by atoms with van der Waals surface area (Å²) >= 11 is 0. The van der Waals surface area contributed by atoms with Gasteiger partial charge in [0.05, 0.1) is 36.0 Å². The van der Waals surface area contributed by atoms with Crippen molar-refractivity contribution in [3.63, 3.8) is 0 Å². The van der Waals surface area contributed by atoms with Gasteiger partial charge in [0.1, 0.15) is 23.9 Å². The van der Waals surface area contributed by atoms with Gasteiger partial charge in [0.15, 0.2) is 17.7 Å². The SMILES string of the molecule is CCC1OC(=O)[C@H](C)C(=O)[C@H](C)[C@@H](O[C@@H]2O[C@H](C)C[C@H](N(C)C)[C@H]2O)[C@](C)(OC/C=C/c2cnc3ccccc3c2)C[C@@H](C)C(=O)[C@H](C)[C@H]2NC(=O)O[C@]12C. The molecule has 3 aliphatic rings. The lowest BCUT2D eigenvalue weighted by Gasteiger charge is -2.47. The summed E-state index contributed by atoms with van der Waals surface area (Å²) in [5, 5.41) is 15.4. The predicted octanol–water partition coefficient (Wildman–Crippen LogP) is 5.11. The Morgan fingerprint density at radius 3 is 2.44 bits per heavy atom. The molecule has 1 aromatic carbocycles. The highest BCUT2D eigenvalue weighted by Gasteiger charge is 2.57. The van der Waals surface area contributed by atoms with Crippen LogP contribution in [-0.4, -0.2) is 113 Å². The number of aromatic nitrogens is 1. The Hall–Kier alpha value is -3.75. The molecule has 1 aromatic heterocycles. The third kappa shape index (κ3) is 8.96. The zero-order chi connectivity index (χ0) is 40.4. The number of cyclic esters (lactones) is 1. The number of ketones is 2. The van der Waals surface area contributed by atoms with Crippen molar-refractivity contribution in [3.05, 3.63) is 48.2 Å². The lowest BCUT2D eigenvalue weighted by molar-refractivity contribution is -0.296. The lowest BCUT2D eigenvalue weighted by Crippen LogP contribution is -2.60. The molecule has 0 spiro atoms. The number of hydrogen-bond acceptors (Lipinski definition) is 12. The second kappa shape index (κ2) is 17.2. The van der Waals surface area contributed by atoms with Gasteiger partial charge >= 0.3 is 12.1 Å². The number of fused-ring (bicyclic) bond motifs is 2. The predicted molar refractivity (Wildman–Crippen MR) is 206 cm³/mol. The highest BCUT2D eigenvalue weighted by molar-refractivity contribution is 6.00. The average molecular weight is 766 g/mol.